The number of amides is 1. The van der Waals surface area contributed by atoms with Gasteiger partial charge in [-0.2, -0.15) is 0 Å². The van der Waals surface area contributed by atoms with E-state index in [2.05, 4.69) is 17.2 Å². The maximum absolute atomic E-state index is 12.5. The number of rotatable bonds is 5. The number of hydrogen-bond acceptors (Lipinski definition) is 4. The van der Waals surface area contributed by atoms with Crippen LogP contribution in [0.1, 0.15) is 43.1 Å². The number of likely N-dealkylation sites (tertiary alicyclic amines) is 1. The van der Waals surface area contributed by atoms with E-state index in [0.717, 1.165) is 38.0 Å². The Morgan fingerprint density at radius 2 is 2.35 bits per heavy atom. The van der Waals surface area contributed by atoms with E-state index in [9.17, 15) is 9.90 Å². The maximum Gasteiger partial charge on any atom is 0.272 e. The lowest BCUT2D eigenvalue weighted by Gasteiger charge is -2.34. The van der Waals surface area contributed by atoms with Gasteiger partial charge in [0, 0.05) is 13.1 Å². The Labute approximate surface area is 120 Å². The molecule has 0 spiro atoms. The summed E-state index contributed by atoms with van der Waals surface area (Å²) in [7, 11) is 0. The summed E-state index contributed by atoms with van der Waals surface area (Å²) in [4.78, 5) is 18.6. The molecule has 0 radical (unpaired) electrons. The Balaban J connectivity index is 2.11. The van der Waals surface area contributed by atoms with Crippen LogP contribution in [0.3, 0.4) is 0 Å². The zero-order valence-corrected chi connectivity index (χ0v) is 12.0. The molecule has 5 nitrogen and oxygen atoms in total. The van der Waals surface area contributed by atoms with Gasteiger partial charge in [-0.1, -0.05) is 13.0 Å². The molecule has 2 N–H and O–H groups in total. The summed E-state index contributed by atoms with van der Waals surface area (Å²) in [5, 5.41) is 12.6. The fraction of sp³-hybridized carbons (Fsp3) is 0.600. The molecule has 1 aromatic heterocycles. The summed E-state index contributed by atoms with van der Waals surface area (Å²) >= 11 is 0. The number of aliphatic hydroxyl groups is 1. The van der Waals surface area contributed by atoms with Gasteiger partial charge in [-0.25, -0.2) is 4.98 Å². The molecule has 1 saturated heterocycles. The Morgan fingerprint density at radius 3 is 3.10 bits per heavy atom. The molecule has 1 aliphatic rings. The van der Waals surface area contributed by atoms with Crippen molar-refractivity contribution in [3.8, 4) is 0 Å². The number of anilines is 1. The molecule has 20 heavy (non-hydrogen) atoms. The number of aliphatic hydroxyl groups excluding tert-OH is 1. The first kappa shape index (κ1) is 14.8. The van der Waals surface area contributed by atoms with Crippen molar-refractivity contribution >= 4 is 11.7 Å². The summed E-state index contributed by atoms with van der Waals surface area (Å²) in [5.41, 5.74) is 0.450. The van der Waals surface area contributed by atoms with Gasteiger partial charge >= 0.3 is 0 Å². The summed E-state index contributed by atoms with van der Waals surface area (Å²) in [6, 6.07) is 5.38. The molecule has 2 rings (SSSR count). The van der Waals surface area contributed by atoms with Crippen LogP contribution in [0.15, 0.2) is 18.2 Å². The second-order valence-electron chi connectivity index (χ2n) is 5.17. The van der Waals surface area contributed by atoms with Crippen molar-refractivity contribution in [1.82, 2.24) is 9.88 Å². The van der Waals surface area contributed by atoms with Crippen molar-refractivity contribution in [3.05, 3.63) is 23.9 Å². The molecule has 1 aliphatic heterocycles. The molecule has 110 valence electrons. The summed E-state index contributed by atoms with van der Waals surface area (Å²) in [5.74, 6) is 0.652. The Morgan fingerprint density at radius 1 is 1.50 bits per heavy atom. The Bertz CT molecular complexity index is 450. The zero-order chi connectivity index (χ0) is 14.4. The fourth-order valence-corrected chi connectivity index (χ4v) is 2.51. The minimum Gasteiger partial charge on any atom is -0.394 e. The minimum atomic E-state index is -0.0797. The van der Waals surface area contributed by atoms with E-state index in [1.165, 1.54) is 0 Å². The van der Waals surface area contributed by atoms with Crippen molar-refractivity contribution in [2.75, 3.05) is 25.0 Å². The van der Waals surface area contributed by atoms with Crippen LogP contribution in [-0.4, -0.2) is 46.6 Å². The quantitative estimate of drug-likeness (QED) is 0.862. The van der Waals surface area contributed by atoms with Crippen LogP contribution in [-0.2, 0) is 0 Å². The third-order valence-electron chi connectivity index (χ3n) is 3.62. The number of nitrogens with one attached hydrogen (secondary N) is 1. The van der Waals surface area contributed by atoms with Crippen molar-refractivity contribution in [2.45, 2.75) is 38.6 Å². The van der Waals surface area contributed by atoms with Gasteiger partial charge in [0.2, 0.25) is 0 Å². The van der Waals surface area contributed by atoms with Gasteiger partial charge in [-0.05, 0) is 37.8 Å². The average molecular weight is 277 g/mol. The Kier molecular flexibility index (Phi) is 5.35. The SMILES string of the molecule is CCCNc1cccc(C(=O)N2CCCCC2CO)n1. The lowest BCUT2D eigenvalue weighted by molar-refractivity contribution is 0.0497. The van der Waals surface area contributed by atoms with Crippen molar-refractivity contribution in [2.24, 2.45) is 0 Å². The van der Waals surface area contributed by atoms with Crippen LogP contribution in [0.4, 0.5) is 5.82 Å². The molecule has 1 atom stereocenters. The second-order valence-corrected chi connectivity index (χ2v) is 5.17. The van der Waals surface area contributed by atoms with Crippen molar-refractivity contribution < 1.29 is 9.90 Å². The number of piperidine rings is 1. The largest absolute Gasteiger partial charge is 0.394 e. The van der Waals surface area contributed by atoms with E-state index < -0.39 is 0 Å². The number of carbonyl (C=O) groups excluding carboxylic acids is 1. The third kappa shape index (κ3) is 3.48. The minimum absolute atomic E-state index is 0.0273. The fourth-order valence-electron chi connectivity index (χ4n) is 2.51. The molecule has 0 aliphatic carbocycles. The van der Waals surface area contributed by atoms with Gasteiger partial charge in [0.05, 0.1) is 12.6 Å². The molecular weight excluding hydrogens is 254 g/mol. The summed E-state index contributed by atoms with van der Waals surface area (Å²) < 4.78 is 0. The van der Waals surface area contributed by atoms with E-state index in [-0.39, 0.29) is 18.6 Å². The van der Waals surface area contributed by atoms with E-state index in [4.69, 9.17) is 0 Å². The topological polar surface area (TPSA) is 65.5 Å². The molecule has 0 bridgehead atoms. The second kappa shape index (κ2) is 7.24. The van der Waals surface area contributed by atoms with Crippen LogP contribution in [0.2, 0.25) is 0 Å². The first-order chi connectivity index (χ1) is 9.76. The van der Waals surface area contributed by atoms with Gasteiger partial charge in [-0.15, -0.1) is 0 Å². The molecule has 0 aromatic carbocycles. The molecule has 0 saturated carbocycles. The van der Waals surface area contributed by atoms with Crippen molar-refractivity contribution in [1.29, 1.82) is 0 Å². The number of hydrogen-bond donors (Lipinski definition) is 2. The van der Waals surface area contributed by atoms with Gasteiger partial charge in [0.25, 0.3) is 5.91 Å². The number of nitrogens with zero attached hydrogens (tertiary/aromatic N) is 2. The zero-order valence-electron chi connectivity index (χ0n) is 12.0. The number of pyridine rings is 1. The van der Waals surface area contributed by atoms with Gasteiger partial charge in [0.15, 0.2) is 0 Å². The molecule has 1 unspecified atom stereocenters. The normalized spacial score (nSPS) is 18.9. The highest BCUT2D eigenvalue weighted by Gasteiger charge is 2.27. The van der Waals surface area contributed by atoms with E-state index >= 15 is 0 Å². The van der Waals surface area contributed by atoms with Crippen LogP contribution in [0.25, 0.3) is 0 Å². The number of carbonyl (C=O) groups is 1. The molecule has 5 heteroatoms. The molecular formula is C15H23N3O2. The van der Waals surface area contributed by atoms with E-state index in [1.54, 1.807) is 11.0 Å². The van der Waals surface area contributed by atoms with Crippen LogP contribution >= 0.6 is 0 Å². The first-order valence-corrected chi connectivity index (χ1v) is 7.39. The number of aromatic nitrogens is 1. The van der Waals surface area contributed by atoms with Crippen LogP contribution < -0.4 is 5.32 Å². The third-order valence-corrected chi connectivity index (χ3v) is 3.62. The highest BCUT2D eigenvalue weighted by Crippen LogP contribution is 2.19. The summed E-state index contributed by atoms with van der Waals surface area (Å²) in [6.07, 6.45) is 3.95. The maximum atomic E-state index is 12.5. The average Bonchev–Trinajstić information content (AvgIpc) is 2.52. The van der Waals surface area contributed by atoms with E-state index in [0.29, 0.717) is 12.2 Å². The Hall–Kier alpha value is -1.62. The molecule has 1 fully saturated rings. The van der Waals surface area contributed by atoms with Crippen LogP contribution in [0, 0.1) is 0 Å². The smallest absolute Gasteiger partial charge is 0.272 e. The highest BCUT2D eigenvalue weighted by atomic mass is 16.3. The summed E-state index contributed by atoms with van der Waals surface area (Å²) in [6.45, 7) is 3.66. The van der Waals surface area contributed by atoms with E-state index in [1.807, 2.05) is 12.1 Å². The van der Waals surface area contributed by atoms with Gasteiger partial charge < -0.3 is 15.3 Å². The van der Waals surface area contributed by atoms with Crippen LogP contribution in [0.5, 0.6) is 0 Å². The monoisotopic (exact) mass is 277 g/mol. The van der Waals surface area contributed by atoms with Gasteiger partial charge in [-0.3, -0.25) is 4.79 Å². The molecule has 1 aromatic rings. The predicted octanol–water partition coefficient (Wildman–Crippen LogP) is 1.89. The molecule has 2 heterocycles. The van der Waals surface area contributed by atoms with Gasteiger partial charge in [0.1, 0.15) is 11.5 Å². The lowest BCUT2D eigenvalue weighted by Crippen LogP contribution is -2.45. The lowest BCUT2D eigenvalue weighted by atomic mass is 10.0. The predicted molar refractivity (Wildman–Crippen MR) is 78.8 cm³/mol. The highest BCUT2D eigenvalue weighted by molar-refractivity contribution is 5.93. The molecule has 1 amide bonds. The standard InChI is InChI=1S/C15H23N3O2/c1-2-9-16-14-8-5-7-13(17-14)15(20)18-10-4-3-6-12(18)11-19/h5,7-8,12,19H,2-4,6,9-11H2,1H3,(H,16,17). The first-order valence-electron chi connectivity index (χ1n) is 7.39. The van der Waals surface area contributed by atoms with Crippen molar-refractivity contribution in [3.63, 3.8) is 0 Å².